The molecule has 1 heterocycles. The second-order valence-electron chi connectivity index (χ2n) is 7.02. The number of sulfone groups is 1. The number of rotatable bonds is 10. The minimum atomic E-state index is -2.79. The van der Waals surface area contributed by atoms with Crippen LogP contribution in [0.25, 0.3) is 0 Å². The van der Waals surface area contributed by atoms with Crippen molar-refractivity contribution in [1.29, 1.82) is 0 Å². The lowest BCUT2D eigenvalue weighted by atomic mass is 10.0. The maximum atomic E-state index is 11.4. The van der Waals surface area contributed by atoms with Gasteiger partial charge in [-0.1, -0.05) is 39.5 Å². The average Bonchev–Trinajstić information content (AvgIpc) is 2.53. The number of unbranched alkanes of at least 4 members (excludes halogenated alkanes) is 3. The summed E-state index contributed by atoms with van der Waals surface area (Å²) in [5.41, 5.74) is 0. The maximum absolute atomic E-state index is 11.4. The van der Waals surface area contributed by atoms with Crippen LogP contribution < -0.4 is 10.6 Å². The number of nitrogens with one attached hydrogen (secondary N) is 2. The standard InChI is InChI=1S/C17H36N4O2S.HI/c1-16(2)8-6-4-5-7-9-19-17(18-3)20-10-11-21-12-14-24(22,23)15-13-21;/h16H,4-15H2,1-3H3,(H2,18,19,20);1H. The SMILES string of the molecule is CN=C(NCCCCCCC(C)C)NCCN1CCS(=O)(=O)CC1.I. The third-order valence-corrected chi connectivity index (χ3v) is 5.99. The van der Waals surface area contributed by atoms with Gasteiger partial charge < -0.3 is 10.6 Å². The van der Waals surface area contributed by atoms with Crippen LogP contribution in [0.1, 0.15) is 46.0 Å². The first-order valence-electron chi connectivity index (χ1n) is 9.30. The van der Waals surface area contributed by atoms with Crippen molar-refractivity contribution in [1.82, 2.24) is 15.5 Å². The van der Waals surface area contributed by atoms with Crippen molar-refractivity contribution in [2.45, 2.75) is 46.0 Å². The molecule has 1 rings (SSSR count). The summed E-state index contributed by atoms with van der Waals surface area (Å²) in [5, 5.41) is 6.65. The minimum absolute atomic E-state index is 0. The molecule has 0 aromatic rings. The Morgan fingerprint density at radius 2 is 1.64 bits per heavy atom. The lowest BCUT2D eigenvalue weighted by molar-refractivity contribution is 0.299. The van der Waals surface area contributed by atoms with Crippen molar-refractivity contribution < 1.29 is 8.42 Å². The minimum Gasteiger partial charge on any atom is -0.356 e. The van der Waals surface area contributed by atoms with E-state index >= 15 is 0 Å². The van der Waals surface area contributed by atoms with Gasteiger partial charge in [0.05, 0.1) is 11.5 Å². The fourth-order valence-electron chi connectivity index (χ4n) is 2.76. The Morgan fingerprint density at radius 1 is 1.04 bits per heavy atom. The fourth-order valence-corrected chi connectivity index (χ4v) is 4.04. The smallest absolute Gasteiger partial charge is 0.191 e. The molecular weight excluding hydrogens is 451 g/mol. The van der Waals surface area contributed by atoms with Crippen LogP contribution in [0.2, 0.25) is 0 Å². The number of hydrogen-bond acceptors (Lipinski definition) is 4. The van der Waals surface area contributed by atoms with Crippen LogP contribution in [0.15, 0.2) is 4.99 Å². The zero-order valence-electron chi connectivity index (χ0n) is 16.1. The van der Waals surface area contributed by atoms with Crippen LogP contribution >= 0.6 is 24.0 Å². The van der Waals surface area contributed by atoms with E-state index in [4.69, 9.17) is 0 Å². The highest BCUT2D eigenvalue weighted by Crippen LogP contribution is 2.08. The monoisotopic (exact) mass is 488 g/mol. The van der Waals surface area contributed by atoms with E-state index in [1.807, 2.05) is 0 Å². The van der Waals surface area contributed by atoms with Crippen LogP contribution in [0.4, 0.5) is 0 Å². The van der Waals surface area contributed by atoms with Gasteiger partial charge in [0.2, 0.25) is 0 Å². The predicted molar refractivity (Wildman–Crippen MR) is 118 cm³/mol. The van der Waals surface area contributed by atoms with Crippen molar-refractivity contribution in [3.05, 3.63) is 0 Å². The van der Waals surface area contributed by atoms with Crippen molar-refractivity contribution in [3.8, 4) is 0 Å². The Morgan fingerprint density at radius 3 is 2.24 bits per heavy atom. The normalized spacial score (nSPS) is 18.0. The molecule has 0 aliphatic carbocycles. The van der Waals surface area contributed by atoms with Gasteiger partial charge in [0.15, 0.2) is 15.8 Å². The quantitative estimate of drug-likeness (QED) is 0.213. The Hall–Kier alpha value is -0.0900. The van der Waals surface area contributed by atoms with Crippen molar-refractivity contribution in [3.63, 3.8) is 0 Å². The fraction of sp³-hybridized carbons (Fsp3) is 0.941. The number of halogens is 1. The summed E-state index contributed by atoms with van der Waals surface area (Å²) in [6.45, 7) is 8.43. The van der Waals surface area contributed by atoms with Crippen LogP contribution in [0.3, 0.4) is 0 Å². The van der Waals surface area contributed by atoms with E-state index in [1.54, 1.807) is 7.05 Å². The molecule has 8 heteroatoms. The molecule has 1 fully saturated rings. The number of aliphatic imine (C=N–C) groups is 1. The number of nitrogens with zero attached hydrogens (tertiary/aromatic N) is 2. The maximum Gasteiger partial charge on any atom is 0.191 e. The Balaban J connectivity index is 0.00000576. The molecule has 25 heavy (non-hydrogen) atoms. The second kappa shape index (κ2) is 14.0. The summed E-state index contributed by atoms with van der Waals surface area (Å²) in [6.07, 6.45) is 6.40. The van der Waals surface area contributed by atoms with Crippen molar-refractivity contribution in [2.24, 2.45) is 10.9 Å². The van der Waals surface area contributed by atoms with Gasteiger partial charge in [0.1, 0.15) is 0 Å². The summed E-state index contributed by atoms with van der Waals surface area (Å²) >= 11 is 0. The van der Waals surface area contributed by atoms with E-state index in [0.717, 1.165) is 31.5 Å². The van der Waals surface area contributed by atoms with Gasteiger partial charge in [-0.25, -0.2) is 8.42 Å². The zero-order valence-corrected chi connectivity index (χ0v) is 19.2. The molecule has 0 unspecified atom stereocenters. The highest BCUT2D eigenvalue weighted by Gasteiger charge is 2.20. The highest BCUT2D eigenvalue weighted by molar-refractivity contribution is 14.0. The van der Waals surface area contributed by atoms with E-state index in [0.29, 0.717) is 13.1 Å². The summed E-state index contributed by atoms with van der Waals surface area (Å²) in [6, 6.07) is 0. The van der Waals surface area contributed by atoms with Gasteiger partial charge in [0, 0.05) is 39.8 Å². The molecule has 6 nitrogen and oxygen atoms in total. The molecule has 0 amide bonds. The molecule has 2 N–H and O–H groups in total. The largest absolute Gasteiger partial charge is 0.356 e. The Bertz CT molecular complexity index is 455. The predicted octanol–water partition coefficient (Wildman–Crippen LogP) is 2.11. The van der Waals surface area contributed by atoms with E-state index in [1.165, 1.54) is 32.1 Å². The Kier molecular flexibility index (Phi) is 14.0. The van der Waals surface area contributed by atoms with Gasteiger partial charge in [-0.3, -0.25) is 9.89 Å². The van der Waals surface area contributed by atoms with Crippen LogP contribution in [0.5, 0.6) is 0 Å². The topological polar surface area (TPSA) is 73.8 Å². The first-order valence-corrected chi connectivity index (χ1v) is 11.1. The molecule has 0 atom stereocenters. The van der Waals surface area contributed by atoms with Gasteiger partial charge in [-0.05, 0) is 12.3 Å². The van der Waals surface area contributed by atoms with Gasteiger partial charge in [0.25, 0.3) is 0 Å². The third kappa shape index (κ3) is 12.8. The van der Waals surface area contributed by atoms with E-state index in [-0.39, 0.29) is 35.5 Å². The first-order chi connectivity index (χ1) is 11.4. The number of guanidine groups is 1. The van der Waals surface area contributed by atoms with Crippen LogP contribution in [-0.2, 0) is 9.84 Å². The zero-order chi connectivity index (χ0) is 17.8. The van der Waals surface area contributed by atoms with E-state index in [9.17, 15) is 8.42 Å². The molecule has 1 aliphatic heterocycles. The summed E-state index contributed by atoms with van der Waals surface area (Å²) in [7, 11) is -1.00. The molecule has 1 saturated heterocycles. The highest BCUT2D eigenvalue weighted by atomic mass is 127. The molecule has 0 radical (unpaired) electrons. The average molecular weight is 488 g/mol. The summed E-state index contributed by atoms with van der Waals surface area (Å²) in [5.74, 6) is 2.22. The number of hydrogen-bond donors (Lipinski definition) is 2. The molecule has 0 saturated carbocycles. The van der Waals surface area contributed by atoms with Gasteiger partial charge in [-0.2, -0.15) is 0 Å². The lowest BCUT2D eigenvalue weighted by Gasteiger charge is -2.26. The molecular formula is C17H37IN4O2S. The Labute approximate surface area is 171 Å². The third-order valence-electron chi connectivity index (χ3n) is 4.38. The molecule has 1 aliphatic rings. The van der Waals surface area contributed by atoms with E-state index in [2.05, 4.69) is 34.4 Å². The van der Waals surface area contributed by atoms with Crippen molar-refractivity contribution >= 4 is 39.8 Å². The molecule has 0 aromatic heterocycles. The van der Waals surface area contributed by atoms with Gasteiger partial charge >= 0.3 is 0 Å². The van der Waals surface area contributed by atoms with Crippen molar-refractivity contribution in [2.75, 3.05) is 51.3 Å². The van der Waals surface area contributed by atoms with E-state index < -0.39 is 9.84 Å². The molecule has 150 valence electrons. The molecule has 0 spiro atoms. The van der Waals surface area contributed by atoms with Crippen LogP contribution in [-0.4, -0.2) is 70.6 Å². The molecule has 0 aromatic carbocycles. The lowest BCUT2D eigenvalue weighted by Crippen LogP contribution is -2.46. The van der Waals surface area contributed by atoms with Crippen LogP contribution in [0, 0.1) is 5.92 Å². The van der Waals surface area contributed by atoms with Gasteiger partial charge in [-0.15, -0.1) is 24.0 Å². The second-order valence-corrected chi connectivity index (χ2v) is 9.32. The molecule has 0 bridgehead atoms. The summed E-state index contributed by atoms with van der Waals surface area (Å²) < 4.78 is 22.8. The first kappa shape index (κ1) is 24.9. The summed E-state index contributed by atoms with van der Waals surface area (Å²) in [4.78, 5) is 6.42.